The predicted octanol–water partition coefficient (Wildman–Crippen LogP) is -2.92. The summed E-state index contributed by atoms with van der Waals surface area (Å²) in [5.41, 5.74) is 0. The first-order chi connectivity index (χ1) is 5.95. The number of cyclic esters (lactones) is 1. The summed E-state index contributed by atoms with van der Waals surface area (Å²) in [5, 5.41) is 35.0. The highest BCUT2D eigenvalue weighted by Crippen LogP contribution is 2.18. The molecule has 0 saturated carbocycles. The van der Waals surface area contributed by atoms with E-state index in [0.29, 0.717) is 0 Å². The number of rotatable bonds is 2. The quantitative estimate of drug-likeness (QED) is 0.345. The Morgan fingerprint density at radius 1 is 1.46 bits per heavy atom. The highest BCUT2D eigenvalue weighted by molar-refractivity contribution is 5.80. The first-order valence-electron chi connectivity index (χ1n) is 3.42. The van der Waals surface area contributed by atoms with Crippen LogP contribution in [0, 0.1) is 0 Å². The van der Waals surface area contributed by atoms with Gasteiger partial charge in [0.2, 0.25) is 0 Å². The Morgan fingerprint density at radius 2 is 2.00 bits per heavy atom. The van der Waals surface area contributed by atoms with Crippen molar-refractivity contribution in [2.75, 3.05) is 0 Å². The molecule has 0 aliphatic carbocycles. The maximum Gasteiger partial charge on any atom is 0.338 e. The fourth-order valence-electron chi connectivity index (χ4n) is 0.984. The van der Waals surface area contributed by atoms with Gasteiger partial charge in [-0.05, 0) is 0 Å². The molecule has 0 bridgehead atoms. The van der Waals surface area contributed by atoms with E-state index in [4.69, 9.17) is 20.4 Å². The lowest BCUT2D eigenvalue weighted by Gasteiger charge is -2.15. The fraction of sp³-hybridized carbons (Fsp3) is 0.667. The van der Waals surface area contributed by atoms with Crippen LogP contribution >= 0.6 is 0 Å². The molecule has 0 aromatic rings. The van der Waals surface area contributed by atoms with Gasteiger partial charge in [0, 0.05) is 0 Å². The van der Waals surface area contributed by atoms with Gasteiger partial charge in [0.25, 0.3) is 0 Å². The van der Waals surface area contributed by atoms with Crippen LogP contribution in [0.4, 0.5) is 0 Å². The van der Waals surface area contributed by atoms with E-state index < -0.39 is 36.4 Å². The topological polar surface area (TPSA) is 124 Å². The lowest BCUT2D eigenvalue weighted by atomic mass is 10.1. The highest BCUT2D eigenvalue weighted by Gasteiger charge is 2.48. The maximum absolute atomic E-state index is 10.6. The average molecular weight is 192 g/mol. The van der Waals surface area contributed by atoms with Gasteiger partial charge in [-0.2, -0.15) is 0 Å². The van der Waals surface area contributed by atoms with Gasteiger partial charge in [-0.25, -0.2) is 9.59 Å². The third-order valence-corrected chi connectivity index (χ3v) is 1.72. The second-order valence-electron chi connectivity index (χ2n) is 2.62. The van der Waals surface area contributed by atoms with E-state index in [1.54, 1.807) is 0 Å². The second-order valence-corrected chi connectivity index (χ2v) is 2.62. The number of hydrogen-bond donors (Lipinski definition) is 4. The van der Waals surface area contributed by atoms with Crippen molar-refractivity contribution in [2.24, 2.45) is 0 Å². The molecule has 0 amide bonds. The molecular formula is C6H8O7. The van der Waals surface area contributed by atoms with Gasteiger partial charge in [-0.1, -0.05) is 0 Å². The molecule has 7 heteroatoms. The van der Waals surface area contributed by atoms with Gasteiger partial charge in [0.05, 0.1) is 0 Å². The van der Waals surface area contributed by atoms with Crippen molar-refractivity contribution in [1.29, 1.82) is 0 Å². The molecular weight excluding hydrogens is 184 g/mol. The third-order valence-electron chi connectivity index (χ3n) is 1.72. The second kappa shape index (κ2) is 3.29. The number of carbonyl (C=O) groups excluding carboxylic acids is 1. The molecule has 4 atom stereocenters. The van der Waals surface area contributed by atoms with E-state index in [1.165, 1.54) is 0 Å². The number of aliphatic hydroxyl groups excluding tert-OH is 3. The van der Waals surface area contributed by atoms with Crippen LogP contribution in [0.2, 0.25) is 0 Å². The summed E-state index contributed by atoms with van der Waals surface area (Å²) in [6, 6.07) is 0. The Balaban J connectivity index is 2.73. The summed E-state index contributed by atoms with van der Waals surface area (Å²) < 4.78 is 4.24. The molecule has 4 N–H and O–H groups in total. The number of aliphatic carboxylic acids is 1. The van der Waals surface area contributed by atoms with Gasteiger partial charge in [0.15, 0.2) is 18.3 Å². The maximum atomic E-state index is 10.6. The van der Waals surface area contributed by atoms with Gasteiger partial charge >= 0.3 is 11.9 Å². The Hall–Kier alpha value is -1.18. The fourth-order valence-corrected chi connectivity index (χ4v) is 0.984. The van der Waals surface area contributed by atoms with Crippen molar-refractivity contribution in [3.8, 4) is 0 Å². The van der Waals surface area contributed by atoms with Crippen molar-refractivity contribution in [2.45, 2.75) is 24.4 Å². The van der Waals surface area contributed by atoms with E-state index in [-0.39, 0.29) is 0 Å². The van der Waals surface area contributed by atoms with Crippen molar-refractivity contribution in [3.63, 3.8) is 0 Å². The third kappa shape index (κ3) is 1.62. The summed E-state index contributed by atoms with van der Waals surface area (Å²) in [4.78, 5) is 20.8. The minimum atomic E-state index is -2.03. The molecule has 0 spiro atoms. The van der Waals surface area contributed by atoms with Crippen LogP contribution in [0.1, 0.15) is 0 Å². The standard InChI is InChI=1S/C6H8O7/c7-1-2(8)6(12)13-4(1)3(9)5(10)11/h1-4,7-9H,(H,10,11)/t1-,2+,3+,4?/m1/s1. The molecule has 1 aliphatic rings. The van der Waals surface area contributed by atoms with E-state index >= 15 is 0 Å². The van der Waals surface area contributed by atoms with Crippen molar-refractivity contribution < 1.29 is 34.8 Å². The zero-order valence-corrected chi connectivity index (χ0v) is 6.32. The molecule has 1 fully saturated rings. The van der Waals surface area contributed by atoms with Gasteiger partial charge < -0.3 is 25.2 Å². The van der Waals surface area contributed by atoms with Crippen LogP contribution in [0.25, 0.3) is 0 Å². The SMILES string of the molecule is O=C(O)[C@@H](O)C1OC(=O)[C@@H](O)[C@H]1O. The van der Waals surface area contributed by atoms with E-state index in [2.05, 4.69) is 4.74 Å². The largest absolute Gasteiger partial charge is 0.479 e. The van der Waals surface area contributed by atoms with Crippen molar-refractivity contribution >= 4 is 11.9 Å². The van der Waals surface area contributed by atoms with Crippen LogP contribution < -0.4 is 0 Å². The Kier molecular flexibility index (Phi) is 2.50. The number of aliphatic hydroxyl groups is 3. The molecule has 1 unspecified atom stereocenters. The van der Waals surface area contributed by atoms with Crippen LogP contribution in [-0.2, 0) is 14.3 Å². The summed E-state index contributed by atoms with van der Waals surface area (Å²) in [6.45, 7) is 0. The van der Waals surface area contributed by atoms with E-state index in [9.17, 15) is 9.59 Å². The van der Waals surface area contributed by atoms with Crippen LogP contribution in [0.15, 0.2) is 0 Å². The zero-order chi connectivity index (χ0) is 10.2. The average Bonchev–Trinajstić information content (AvgIpc) is 2.31. The molecule has 1 heterocycles. The van der Waals surface area contributed by atoms with Gasteiger partial charge in [-0.15, -0.1) is 0 Å². The molecule has 0 aromatic carbocycles. The lowest BCUT2D eigenvalue weighted by molar-refractivity contribution is -0.161. The molecule has 0 aromatic heterocycles. The molecule has 13 heavy (non-hydrogen) atoms. The number of hydrogen-bond acceptors (Lipinski definition) is 6. The highest BCUT2D eigenvalue weighted by atomic mass is 16.6. The van der Waals surface area contributed by atoms with Crippen LogP contribution in [0.5, 0.6) is 0 Å². The lowest BCUT2D eigenvalue weighted by Crippen LogP contribution is -2.42. The molecule has 1 rings (SSSR count). The van der Waals surface area contributed by atoms with Crippen LogP contribution in [0.3, 0.4) is 0 Å². The minimum absolute atomic E-state index is 1.14. The smallest absolute Gasteiger partial charge is 0.338 e. The summed E-state index contributed by atoms with van der Waals surface area (Å²) >= 11 is 0. The first-order valence-corrected chi connectivity index (χ1v) is 3.42. The summed E-state index contributed by atoms with van der Waals surface area (Å²) in [7, 11) is 0. The number of carboxylic acids is 1. The number of esters is 1. The molecule has 1 aliphatic heterocycles. The van der Waals surface area contributed by atoms with Crippen molar-refractivity contribution in [1.82, 2.24) is 0 Å². The molecule has 74 valence electrons. The Morgan fingerprint density at radius 3 is 2.31 bits per heavy atom. The molecule has 0 radical (unpaired) electrons. The normalized spacial score (nSPS) is 35.6. The summed E-state index contributed by atoms with van der Waals surface area (Å²) in [5.74, 6) is -2.77. The molecule has 7 nitrogen and oxygen atoms in total. The summed E-state index contributed by atoms with van der Waals surface area (Å²) in [6.07, 6.45) is -7.14. The Labute approximate surface area is 72.2 Å². The Bertz CT molecular complexity index is 237. The zero-order valence-electron chi connectivity index (χ0n) is 6.32. The number of ether oxygens (including phenoxy) is 1. The van der Waals surface area contributed by atoms with Crippen molar-refractivity contribution in [3.05, 3.63) is 0 Å². The van der Waals surface area contributed by atoms with Gasteiger partial charge in [0.1, 0.15) is 6.10 Å². The van der Waals surface area contributed by atoms with E-state index in [0.717, 1.165) is 0 Å². The number of carboxylic acid groups (broad SMARTS) is 1. The number of carbonyl (C=O) groups is 2. The van der Waals surface area contributed by atoms with E-state index in [1.807, 2.05) is 0 Å². The predicted molar refractivity (Wildman–Crippen MR) is 35.5 cm³/mol. The first kappa shape index (κ1) is 9.90. The monoisotopic (exact) mass is 192 g/mol. The molecule has 1 saturated heterocycles. The van der Waals surface area contributed by atoms with Crippen LogP contribution in [-0.4, -0.2) is 56.8 Å². The van der Waals surface area contributed by atoms with Gasteiger partial charge in [-0.3, -0.25) is 0 Å². The minimum Gasteiger partial charge on any atom is -0.479 e.